The number of unbranched alkanes of at least 4 members (excludes halogenated alkanes) is 11. The number of benzene rings is 2. The van der Waals surface area contributed by atoms with Crippen LogP contribution < -0.4 is 0 Å². The van der Waals surface area contributed by atoms with Gasteiger partial charge in [0.15, 0.2) is 5.16 Å². The number of hydrogen-bond acceptors (Lipinski definition) is 8. The average Bonchev–Trinajstić information content (AvgIpc) is 3.88. The van der Waals surface area contributed by atoms with Gasteiger partial charge in [0, 0.05) is 11.8 Å². The standard InChI is InChI=1S/C38H52BrN3O5S/c1-2-3-4-5-6-7-8-9-10-11-12-13-14-15-16-21-35(44)46-26-30(43)27-47-36(45)28-48-38-41-40-37(39)42(38)34-25-24-31(29-22-23-29)32-19-17-18-20-33(32)34/h9-10,17-20,24-25,29-30,43H,2-8,11-16,21-23,26-28H2,1H3/b10-9-. The molecule has 2 aromatic carbocycles. The first-order valence-electron chi connectivity index (χ1n) is 17.9. The van der Waals surface area contributed by atoms with E-state index in [1.54, 1.807) is 0 Å². The fraction of sp³-hybridized carbons (Fsp3) is 0.579. The van der Waals surface area contributed by atoms with Crippen molar-refractivity contribution >= 4 is 50.4 Å². The number of fused-ring (bicyclic) bond motifs is 1. The van der Waals surface area contributed by atoms with E-state index in [9.17, 15) is 14.7 Å². The van der Waals surface area contributed by atoms with Gasteiger partial charge in [-0.1, -0.05) is 113 Å². The van der Waals surface area contributed by atoms with E-state index in [4.69, 9.17) is 9.47 Å². The van der Waals surface area contributed by atoms with Crippen LogP contribution in [0.15, 0.2) is 58.4 Å². The molecule has 0 aliphatic heterocycles. The van der Waals surface area contributed by atoms with Crippen LogP contribution in [0.4, 0.5) is 0 Å². The normalized spacial score (nSPS) is 13.7. The number of ether oxygens (including phenoxy) is 2. The SMILES string of the molecule is CCCCCCCC/C=C\CCCCCCCC(=O)OCC(O)COC(=O)CSc1nnc(Br)n1-c1ccc(C2CC2)c2ccccc12. The molecular formula is C38H52BrN3O5S. The number of hydrogen-bond donors (Lipinski definition) is 1. The molecule has 1 aliphatic carbocycles. The summed E-state index contributed by atoms with van der Waals surface area (Å²) in [6.45, 7) is 1.81. The van der Waals surface area contributed by atoms with E-state index < -0.39 is 12.1 Å². The van der Waals surface area contributed by atoms with Gasteiger partial charge in [-0.05, 0) is 83.8 Å². The molecule has 3 aromatic rings. The van der Waals surface area contributed by atoms with Crippen molar-refractivity contribution < 1.29 is 24.2 Å². The van der Waals surface area contributed by atoms with E-state index in [-0.39, 0.29) is 24.9 Å². The summed E-state index contributed by atoms with van der Waals surface area (Å²) in [4.78, 5) is 24.6. The Bertz CT molecular complexity index is 1460. The summed E-state index contributed by atoms with van der Waals surface area (Å²) in [7, 11) is 0. The fourth-order valence-corrected chi connectivity index (χ4v) is 7.10. The van der Waals surface area contributed by atoms with Crippen LogP contribution >= 0.6 is 27.7 Å². The van der Waals surface area contributed by atoms with Crippen LogP contribution in [0.1, 0.15) is 121 Å². The lowest BCUT2D eigenvalue weighted by atomic mass is 9.99. The highest BCUT2D eigenvalue weighted by Crippen LogP contribution is 2.44. The molecule has 262 valence electrons. The first-order valence-corrected chi connectivity index (χ1v) is 19.7. The maximum atomic E-state index is 12.5. The Labute approximate surface area is 298 Å². The van der Waals surface area contributed by atoms with Gasteiger partial charge < -0.3 is 14.6 Å². The van der Waals surface area contributed by atoms with Crippen LogP contribution in [0.25, 0.3) is 16.5 Å². The number of nitrogens with zero attached hydrogens (tertiary/aromatic N) is 3. The zero-order valence-corrected chi connectivity index (χ0v) is 30.8. The molecule has 0 bridgehead atoms. The Hall–Kier alpha value is -2.69. The maximum absolute atomic E-state index is 12.5. The molecule has 10 heteroatoms. The molecule has 4 rings (SSSR count). The second-order valence-corrected chi connectivity index (χ2v) is 14.4. The number of allylic oxidation sites excluding steroid dienone is 2. The first-order chi connectivity index (χ1) is 23.5. The molecular weight excluding hydrogens is 690 g/mol. The Morgan fingerprint density at radius 3 is 2.19 bits per heavy atom. The predicted octanol–water partition coefficient (Wildman–Crippen LogP) is 9.64. The molecule has 8 nitrogen and oxygen atoms in total. The number of carbonyl (C=O) groups excluding carboxylic acids is 2. The summed E-state index contributed by atoms with van der Waals surface area (Å²) in [5.74, 6) is -0.229. The molecule has 1 fully saturated rings. The van der Waals surface area contributed by atoms with E-state index in [2.05, 4.69) is 75.5 Å². The number of thioether (sulfide) groups is 1. The molecule has 1 unspecified atom stereocenters. The second-order valence-electron chi connectivity index (χ2n) is 12.7. The highest BCUT2D eigenvalue weighted by Gasteiger charge is 2.26. The number of aliphatic hydroxyl groups excluding tert-OH is 1. The van der Waals surface area contributed by atoms with Crippen LogP contribution in [0.3, 0.4) is 0 Å². The minimum absolute atomic E-state index is 0.00872. The van der Waals surface area contributed by atoms with E-state index in [1.165, 1.54) is 93.3 Å². The number of halogens is 1. The zero-order chi connectivity index (χ0) is 34.0. The van der Waals surface area contributed by atoms with Crippen LogP contribution in [-0.2, 0) is 19.1 Å². The quantitative estimate of drug-likeness (QED) is 0.0419. The Balaban J connectivity index is 1.05. The minimum atomic E-state index is -1.08. The largest absolute Gasteiger partial charge is 0.463 e. The summed E-state index contributed by atoms with van der Waals surface area (Å²) in [5, 5.41) is 21.5. The van der Waals surface area contributed by atoms with Gasteiger partial charge >= 0.3 is 11.9 Å². The van der Waals surface area contributed by atoms with Gasteiger partial charge in [0.25, 0.3) is 0 Å². The number of rotatable bonds is 24. The molecule has 1 heterocycles. The molecule has 0 spiro atoms. The Morgan fingerprint density at radius 2 is 1.50 bits per heavy atom. The molecule has 0 saturated heterocycles. The number of aromatic nitrogens is 3. The van der Waals surface area contributed by atoms with Crippen molar-refractivity contribution in [3.63, 3.8) is 0 Å². The van der Waals surface area contributed by atoms with Crippen LogP contribution in [-0.4, -0.2) is 56.9 Å². The monoisotopic (exact) mass is 741 g/mol. The third-order valence-corrected chi connectivity index (χ3v) is 10.0. The number of carbonyl (C=O) groups is 2. The van der Waals surface area contributed by atoms with Crippen molar-refractivity contribution in [2.45, 2.75) is 127 Å². The lowest BCUT2D eigenvalue weighted by Crippen LogP contribution is -2.25. The van der Waals surface area contributed by atoms with Gasteiger partial charge in [-0.3, -0.25) is 14.2 Å². The fourth-order valence-electron chi connectivity index (χ4n) is 5.80. The Kier molecular flexibility index (Phi) is 17.0. The molecule has 1 aliphatic rings. The van der Waals surface area contributed by atoms with E-state index in [1.807, 2.05) is 10.6 Å². The van der Waals surface area contributed by atoms with Gasteiger partial charge in [-0.25, -0.2) is 0 Å². The lowest BCUT2D eigenvalue weighted by Gasteiger charge is -2.14. The van der Waals surface area contributed by atoms with E-state index in [0.29, 0.717) is 22.2 Å². The first kappa shape index (κ1) is 38.1. The summed E-state index contributed by atoms with van der Waals surface area (Å²) in [5.41, 5.74) is 2.30. The molecule has 1 saturated carbocycles. The molecule has 0 amide bonds. The van der Waals surface area contributed by atoms with Crippen molar-refractivity contribution in [3.8, 4) is 5.69 Å². The zero-order valence-electron chi connectivity index (χ0n) is 28.4. The summed E-state index contributed by atoms with van der Waals surface area (Å²) in [6.07, 6.45) is 21.9. The van der Waals surface area contributed by atoms with Crippen molar-refractivity contribution in [1.29, 1.82) is 0 Å². The van der Waals surface area contributed by atoms with Gasteiger partial charge in [-0.15, -0.1) is 10.2 Å². The van der Waals surface area contributed by atoms with E-state index in [0.717, 1.165) is 36.8 Å². The van der Waals surface area contributed by atoms with Gasteiger partial charge in [0.2, 0.25) is 4.73 Å². The third kappa shape index (κ3) is 13.0. The molecule has 1 N–H and O–H groups in total. The third-order valence-electron chi connectivity index (χ3n) is 8.62. The summed E-state index contributed by atoms with van der Waals surface area (Å²) in [6, 6.07) is 12.6. The van der Waals surface area contributed by atoms with Crippen molar-refractivity contribution in [3.05, 3.63) is 58.8 Å². The molecule has 1 aromatic heterocycles. The van der Waals surface area contributed by atoms with Crippen molar-refractivity contribution in [1.82, 2.24) is 14.8 Å². The average molecular weight is 743 g/mol. The van der Waals surface area contributed by atoms with Gasteiger partial charge in [-0.2, -0.15) is 0 Å². The number of aliphatic hydroxyl groups is 1. The summed E-state index contributed by atoms with van der Waals surface area (Å²) < 4.78 is 12.9. The van der Waals surface area contributed by atoms with Crippen LogP contribution in [0, 0.1) is 0 Å². The minimum Gasteiger partial charge on any atom is -0.463 e. The van der Waals surface area contributed by atoms with Gasteiger partial charge in [0.1, 0.15) is 19.3 Å². The van der Waals surface area contributed by atoms with Crippen LogP contribution in [0.2, 0.25) is 0 Å². The second kappa shape index (κ2) is 21.4. The molecule has 1 atom stereocenters. The van der Waals surface area contributed by atoms with Crippen molar-refractivity contribution in [2.75, 3.05) is 19.0 Å². The van der Waals surface area contributed by atoms with Crippen molar-refractivity contribution in [2.24, 2.45) is 0 Å². The van der Waals surface area contributed by atoms with Crippen LogP contribution in [0.5, 0.6) is 0 Å². The summed E-state index contributed by atoms with van der Waals surface area (Å²) >= 11 is 4.73. The predicted molar refractivity (Wildman–Crippen MR) is 197 cm³/mol. The highest BCUT2D eigenvalue weighted by molar-refractivity contribution is 9.10. The molecule has 0 radical (unpaired) electrons. The Morgan fingerprint density at radius 1 is 0.875 bits per heavy atom. The highest BCUT2D eigenvalue weighted by atomic mass is 79.9. The van der Waals surface area contributed by atoms with Gasteiger partial charge in [0.05, 0.1) is 11.4 Å². The molecule has 48 heavy (non-hydrogen) atoms. The topological polar surface area (TPSA) is 104 Å². The number of esters is 2. The van der Waals surface area contributed by atoms with E-state index >= 15 is 0 Å². The maximum Gasteiger partial charge on any atom is 0.316 e. The smallest absolute Gasteiger partial charge is 0.316 e. The lowest BCUT2D eigenvalue weighted by molar-refractivity contribution is -0.151.